The van der Waals surface area contributed by atoms with Gasteiger partial charge in [0, 0.05) is 16.7 Å². The summed E-state index contributed by atoms with van der Waals surface area (Å²) in [6.45, 7) is 4.51. The molecule has 2 aromatic rings. The van der Waals surface area contributed by atoms with Gasteiger partial charge in [-0.1, -0.05) is 55.8 Å². The van der Waals surface area contributed by atoms with Crippen LogP contribution < -0.4 is 0 Å². The number of ether oxygens (including phenoxy) is 1. The Morgan fingerprint density at radius 1 is 1.00 bits per heavy atom. The van der Waals surface area contributed by atoms with Crippen LogP contribution in [0.4, 0.5) is 0 Å². The first-order valence-corrected chi connectivity index (χ1v) is 7.98. The number of carbonyl (C=O) groups is 1. The minimum Gasteiger partial charge on any atom is -0.483 e. The highest BCUT2D eigenvalue weighted by Gasteiger charge is 2.16. The van der Waals surface area contributed by atoms with Crippen LogP contribution in [-0.2, 0) is 11.2 Å². The molecule has 0 saturated carbocycles. The van der Waals surface area contributed by atoms with Gasteiger partial charge in [-0.05, 0) is 37.2 Å². The molecule has 0 bridgehead atoms. The van der Waals surface area contributed by atoms with Gasteiger partial charge >= 0.3 is 0 Å². The molecule has 2 rings (SSSR count). The fraction of sp³-hybridized carbons (Fsp3) is 0.263. The molecule has 0 atom stereocenters. The van der Waals surface area contributed by atoms with Crippen molar-refractivity contribution < 1.29 is 9.53 Å². The second-order valence-electron chi connectivity index (χ2n) is 5.04. The van der Waals surface area contributed by atoms with Crippen LogP contribution in [0.1, 0.15) is 47.3 Å². The van der Waals surface area contributed by atoms with Crippen LogP contribution in [0.5, 0.6) is 0 Å². The first-order valence-electron chi connectivity index (χ1n) is 7.57. The Bertz CT molecular complexity index is 659. The Balaban J connectivity index is 2.31. The van der Waals surface area contributed by atoms with Gasteiger partial charge in [-0.25, -0.2) is 0 Å². The summed E-state index contributed by atoms with van der Waals surface area (Å²) in [7, 11) is 0. The predicted molar refractivity (Wildman–Crippen MR) is 93.6 cm³/mol. The zero-order valence-electron chi connectivity index (χ0n) is 13.0. The quantitative estimate of drug-likeness (QED) is 0.577. The van der Waals surface area contributed by atoms with Crippen LogP contribution in [0, 0.1) is 0 Å². The van der Waals surface area contributed by atoms with E-state index in [1.165, 1.54) is 5.56 Å². The number of hydrogen-bond donors (Lipinski definition) is 0. The fourth-order valence-corrected chi connectivity index (χ4v) is 2.63. The zero-order chi connectivity index (χ0) is 15.9. The number of benzene rings is 2. The van der Waals surface area contributed by atoms with Crippen molar-refractivity contribution in [3.05, 3.63) is 70.8 Å². The summed E-state index contributed by atoms with van der Waals surface area (Å²) >= 11 is 5.26. The molecule has 0 fully saturated rings. The molecule has 0 spiro atoms. The van der Waals surface area contributed by atoms with Crippen molar-refractivity contribution in [2.75, 3.05) is 6.61 Å². The fourth-order valence-electron chi connectivity index (χ4n) is 2.33. The van der Waals surface area contributed by atoms with E-state index in [9.17, 15) is 4.79 Å². The topological polar surface area (TPSA) is 26.3 Å². The number of thiocarbonyl (C=S) groups is 1. The minimum absolute atomic E-state index is 0.0271. The molecule has 0 unspecified atom stereocenters. The van der Waals surface area contributed by atoms with E-state index in [-0.39, 0.29) is 5.78 Å². The Kier molecular flexibility index (Phi) is 5.84. The van der Waals surface area contributed by atoms with Gasteiger partial charge in [-0.15, -0.1) is 0 Å². The van der Waals surface area contributed by atoms with E-state index < -0.39 is 0 Å². The molecule has 2 nitrogen and oxygen atoms in total. The zero-order valence-corrected chi connectivity index (χ0v) is 13.8. The molecule has 0 aromatic heterocycles. The van der Waals surface area contributed by atoms with Crippen LogP contribution in [0.15, 0.2) is 48.5 Å². The van der Waals surface area contributed by atoms with Gasteiger partial charge in [-0.2, -0.15) is 0 Å². The second-order valence-corrected chi connectivity index (χ2v) is 5.41. The van der Waals surface area contributed by atoms with E-state index in [1.54, 1.807) is 6.07 Å². The highest BCUT2D eigenvalue weighted by Crippen LogP contribution is 2.17. The van der Waals surface area contributed by atoms with Gasteiger partial charge in [0.1, 0.15) is 0 Å². The molecule has 0 aliphatic carbocycles. The van der Waals surface area contributed by atoms with E-state index in [1.807, 2.05) is 49.4 Å². The van der Waals surface area contributed by atoms with Crippen molar-refractivity contribution in [2.45, 2.75) is 26.7 Å². The van der Waals surface area contributed by atoms with Gasteiger partial charge in [-0.3, -0.25) is 4.79 Å². The molecule has 0 aliphatic rings. The molecular formula is C19H20O2S. The Morgan fingerprint density at radius 3 is 2.23 bits per heavy atom. The lowest BCUT2D eigenvalue weighted by molar-refractivity contribution is 0.103. The third kappa shape index (κ3) is 3.80. The summed E-state index contributed by atoms with van der Waals surface area (Å²) in [6, 6.07) is 15.1. The normalized spacial score (nSPS) is 10.3. The maximum absolute atomic E-state index is 12.7. The predicted octanol–water partition coefficient (Wildman–Crippen LogP) is 4.58. The molecular weight excluding hydrogens is 292 g/mol. The van der Waals surface area contributed by atoms with Crippen molar-refractivity contribution in [3.8, 4) is 0 Å². The van der Waals surface area contributed by atoms with Gasteiger partial charge in [0.2, 0.25) is 0 Å². The smallest absolute Gasteiger partial charge is 0.193 e. The van der Waals surface area contributed by atoms with Crippen molar-refractivity contribution in [3.63, 3.8) is 0 Å². The average Bonchev–Trinajstić information content (AvgIpc) is 2.55. The van der Waals surface area contributed by atoms with E-state index in [2.05, 4.69) is 6.92 Å². The lowest BCUT2D eigenvalue weighted by atomic mass is 9.97. The number of carbonyl (C=O) groups excluding carboxylic acids is 1. The standard InChI is InChI=1S/C19H20O2S/c1-3-7-14-10-12-15(13-11-14)18(20)16-8-5-6-9-17(16)19(22)21-4-2/h5-6,8-13H,3-4,7H2,1-2H3. The maximum atomic E-state index is 12.7. The SMILES string of the molecule is CCCc1ccc(C(=O)c2ccccc2C(=S)OCC)cc1. The number of ketones is 1. The molecule has 0 N–H and O–H groups in total. The Morgan fingerprint density at radius 2 is 1.64 bits per heavy atom. The maximum Gasteiger partial charge on any atom is 0.193 e. The molecule has 0 saturated heterocycles. The number of rotatable bonds is 6. The minimum atomic E-state index is -0.0271. The average molecular weight is 312 g/mol. The van der Waals surface area contributed by atoms with Crippen LogP contribution in [-0.4, -0.2) is 17.4 Å². The number of aryl methyl sites for hydroxylation is 1. The molecule has 22 heavy (non-hydrogen) atoms. The van der Waals surface area contributed by atoms with E-state index in [0.29, 0.717) is 28.3 Å². The summed E-state index contributed by atoms with van der Waals surface area (Å²) in [5, 5.41) is 0.369. The summed E-state index contributed by atoms with van der Waals surface area (Å²) < 4.78 is 5.38. The lowest BCUT2D eigenvalue weighted by Gasteiger charge is -2.10. The van der Waals surface area contributed by atoms with Crippen LogP contribution in [0.3, 0.4) is 0 Å². The monoisotopic (exact) mass is 312 g/mol. The van der Waals surface area contributed by atoms with Crippen molar-refractivity contribution >= 4 is 23.1 Å². The molecule has 2 aromatic carbocycles. The van der Waals surface area contributed by atoms with E-state index >= 15 is 0 Å². The van der Waals surface area contributed by atoms with Crippen molar-refractivity contribution in [1.82, 2.24) is 0 Å². The van der Waals surface area contributed by atoms with E-state index in [0.717, 1.165) is 12.8 Å². The molecule has 114 valence electrons. The molecule has 0 radical (unpaired) electrons. The molecule has 0 aliphatic heterocycles. The summed E-state index contributed by atoms with van der Waals surface area (Å²) in [5.41, 5.74) is 3.19. The highest BCUT2D eigenvalue weighted by atomic mass is 32.1. The van der Waals surface area contributed by atoms with Crippen molar-refractivity contribution in [1.29, 1.82) is 0 Å². The second kappa shape index (κ2) is 7.85. The third-order valence-corrected chi connectivity index (χ3v) is 3.76. The summed E-state index contributed by atoms with van der Waals surface area (Å²) in [6.07, 6.45) is 2.12. The Hall–Kier alpha value is -2.00. The van der Waals surface area contributed by atoms with Gasteiger partial charge in [0.25, 0.3) is 0 Å². The van der Waals surface area contributed by atoms with Crippen LogP contribution in [0.2, 0.25) is 0 Å². The first kappa shape index (κ1) is 16.4. The van der Waals surface area contributed by atoms with Gasteiger partial charge in [0.05, 0.1) is 6.61 Å². The summed E-state index contributed by atoms with van der Waals surface area (Å²) in [5.74, 6) is -0.0271. The lowest BCUT2D eigenvalue weighted by Crippen LogP contribution is -2.11. The largest absolute Gasteiger partial charge is 0.483 e. The van der Waals surface area contributed by atoms with Crippen LogP contribution >= 0.6 is 12.2 Å². The third-order valence-electron chi connectivity index (χ3n) is 3.42. The molecule has 0 amide bonds. The molecule has 0 heterocycles. The van der Waals surface area contributed by atoms with Crippen molar-refractivity contribution in [2.24, 2.45) is 0 Å². The molecule has 3 heteroatoms. The Labute approximate surface area is 137 Å². The van der Waals surface area contributed by atoms with E-state index in [4.69, 9.17) is 17.0 Å². The van der Waals surface area contributed by atoms with Gasteiger partial charge in [0.15, 0.2) is 10.8 Å². The van der Waals surface area contributed by atoms with Gasteiger partial charge < -0.3 is 4.74 Å². The number of hydrogen-bond acceptors (Lipinski definition) is 3. The van der Waals surface area contributed by atoms with Crippen LogP contribution in [0.25, 0.3) is 0 Å². The summed E-state index contributed by atoms with van der Waals surface area (Å²) in [4.78, 5) is 12.7. The highest BCUT2D eigenvalue weighted by molar-refractivity contribution is 7.80. The first-order chi connectivity index (χ1) is 10.7.